The number of benzene rings is 1. The molecule has 1 aliphatic rings. The van der Waals surface area contributed by atoms with Crippen molar-refractivity contribution in [3.8, 4) is 5.75 Å². The van der Waals surface area contributed by atoms with Crippen molar-refractivity contribution >= 4 is 17.4 Å². The van der Waals surface area contributed by atoms with Crippen molar-refractivity contribution < 1.29 is 14.3 Å². The molecule has 1 aromatic rings. The lowest BCUT2D eigenvalue weighted by Gasteiger charge is -2.32. The second-order valence-electron chi connectivity index (χ2n) is 4.31. The summed E-state index contributed by atoms with van der Waals surface area (Å²) in [6.45, 7) is 5.64. The van der Waals surface area contributed by atoms with E-state index < -0.39 is 6.10 Å². The van der Waals surface area contributed by atoms with Crippen LogP contribution in [-0.4, -0.2) is 30.9 Å². The standard InChI is InChI=1S/C14H16N2O3/c1-3-6-16-11-7-10(12(17)8-15)4-5-13(11)19-9(2)14(16)18/h3-5,7,9H,1,6,8,15H2,2H3. The number of Topliss-reactive ketones (excluding diaryl/α,β-unsaturated/α-hetero) is 1. The molecule has 1 unspecified atom stereocenters. The number of hydrogen-bond donors (Lipinski definition) is 1. The van der Waals surface area contributed by atoms with Crippen molar-refractivity contribution in [2.45, 2.75) is 13.0 Å². The van der Waals surface area contributed by atoms with E-state index >= 15 is 0 Å². The van der Waals surface area contributed by atoms with Crippen LogP contribution in [0.25, 0.3) is 0 Å². The third kappa shape index (κ3) is 2.37. The van der Waals surface area contributed by atoms with E-state index in [1.807, 2.05) is 0 Å². The third-order valence-corrected chi connectivity index (χ3v) is 2.99. The fourth-order valence-corrected chi connectivity index (χ4v) is 2.02. The van der Waals surface area contributed by atoms with E-state index in [9.17, 15) is 9.59 Å². The second kappa shape index (κ2) is 5.24. The van der Waals surface area contributed by atoms with Gasteiger partial charge in [-0.2, -0.15) is 0 Å². The molecule has 1 atom stereocenters. The minimum Gasteiger partial charge on any atom is -0.479 e. The molecule has 0 saturated carbocycles. The highest BCUT2D eigenvalue weighted by atomic mass is 16.5. The molecule has 0 radical (unpaired) electrons. The van der Waals surface area contributed by atoms with Gasteiger partial charge in [0.05, 0.1) is 12.2 Å². The van der Waals surface area contributed by atoms with Crippen molar-refractivity contribution in [1.82, 2.24) is 0 Å². The molecule has 1 aliphatic heterocycles. The van der Waals surface area contributed by atoms with Crippen molar-refractivity contribution in [1.29, 1.82) is 0 Å². The molecule has 0 fully saturated rings. The van der Waals surface area contributed by atoms with Gasteiger partial charge in [0.2, 0.25) is 0 Å². The van der Waals surface area contributed by atoms with Crippen molar-refractivity contribution in [3.63, 3.8) is 0 Å². The first-order chi connectivity index (χ1) is 9.08. The summed E-state index contributed by atoms with van der Waals surface area (Å²) < 4.78 is 5.52. The minimum absolute atomic E-state index is 0.0640. The molecule has 0 bridgehead atoms. The van der Waals surface area contributed by atoms with Gasteiger partial charge in [-0.25, -0.2) is 0 Å². The number of hydrogen-bond acceptors (Lipinski definition) is 4. The predicted octanol–water partition coefficient (Wildman–Crippen LogP) is 1.13. The first-order valence-corrected chi connectivity index (χ1v) is 6.04. The van der Waals surface area contributed by atoms with Crippen molar-refractivity contribution in [3.05, 3.63) is 36.4 Å². The van der Waals surface area contributed by atoms with E-state index in [0.717, 1.165) is 0 Å². The average Bonchev–Trinajstić information content (AvgIpc) is 2.42. The molecule has 2 N–H and O–H groups in total. The van der Waals surface area contributed by atoms with Crippen LogP contribution in [0.3, 0.4) is 0 Å². The summed E-state index contributed by atoms with van der Waals surface area (Å²) in [6.07, 6.45) is 1.10. The summed E-state index contributed by atoms with van der Waals surface area (Å²) in [5.41, 5.74) is 6.40. The molecule has 19 heavy (non-hydrogen) atoms. The molecule has 5 nitrogen and oxygen atoms in total. The number of carbonyl (C=O) groups is 2. The quantitative estimate of drug-likeness (QED) is 0.650. The Kier molecular flexibility index (Phi) is 3.66. The van der Waals surface area contributed by atoms with E-state index in [1.54, 1.807) is 36.1 Å². The molecule has 1 aromatic carbocycles. The molecule has 0 aromatic heterocycles. The lowest BCUT2D eigenvalue weighted by molar-refractivity contribution is -0.125. The maximum Gasteiger partial charge on any atom is 0.268 e. The van der Waals surface area contributed by atoms with Crippen LogP contribution in [0, 0.1) is 0 Å². The zero-order chi connectivity index (χ0) is 14.0. The number of nitrogens with zero attached hydrogens (tertiary/aromatic N) is 1. The first-order valence-electron chi connectivity index (χ1n) is 6.04. The lowest BCUT2D eigenvalue weighted by Crippen LogP contribution is -2.44. The maximum absolute atomic E-state index is 12.1. The Morgan fingerprint density at radius 2 is 2.32 bits per heavy atom. The number of ketones is 1. The number of rotatable bonds is 4. The minimum atomic E-state index is -0.538. The van der Waals surface area contributed by atoms with Gasteiger partial charge < -0.3 is 15.4 Å². The summed E-state index contributed by atoms with van der Waals surface area (Å²) in [5, 5.41) is 0. The van der Waals surface area contributed by atoms with Crippen molar-refractivity contribution in [2.24, 2.45) is 5.73 Å². The third-order valence-electron chi connectivity index (χ3n) is 2.99. The van der Waals surface area contributed by atoms with Gasteiger partial charge in [-0.3, -0.25) is 9.59 Å². The Bertz CT molecular complexity index is 539. The topological polar surface area (TPSA) is 72.6 Å². The summed E-state index contributed by atoms with van der Waals surface area (Å²) in [5.74, 6) is 0.264. The number of amides is 1. The fraction of sp³-hybridized carbons (Fsp3) is 0.286. The average molecular weight is 260 g/mol. The van der Waals surface area contributed by atoms with Crippen LogP contribution in [0.15, 0.2) is 30.9 Å². The Hall–Kier alpha value is -2.14. The lowest BCUT2D eigenvalue weighted by atomic mass is 10.1. The Labute approximate surface area is 111 Å². The van der Waals surface area contributed by atoms with Crippen LogP contribution < -0.4 is 15.4 Å². The van der Waals surface area contributed by atoms with Crippen LogP contribution >= 0.6 is 0 Å². The van der Waals surface area contributed by atoms with Gasteiger partial charge in [0.15, 0.2) is 11.9 Å². The second-order valence-corrected chi connectivity index (χ2v) is 4.31. The van der Waals surface area contributed by atoms with Crippen LogP contribution in [0.5, 0.6) is 5.75 Å². The molecular formula is C14H16N2O3. The monoisotopic (exact) mass is 260 g/mol. The SMILES string of the molecule is C=CCN1C(=O)C(C)Oc2ccc(C(=O)CN)cc21. The number of ether oxygens (including phenoxy) is 1. The summed E-state index contributed by atoms with van der Waals surface area (Å²) >= 11 is 0. The molecule has 5 heteroatoms. The molecule has 1 amide bonds. The number of anilines is 1. The van der Waals surface area contributed by atoms with E-state index in [1.165, 1.54) is 0 Å². The van der Waals surface area contributed by atoms with Gasteiger partial charge >= 0.3 is 0 Å². The van der Waals surface area contributed by atoms with E-state index in [0.29, 0.717) is 23.5 Å². The van der Waals surface area contributed by atoms with Gasteiger partial charge in [0.25, 0.3) is 5.91 Å². The van der Waals surface area contributed by atoms with Crippen LogP contribution in [-0.2, 0) is 4.79 Å². The highest BCUT2D eigenvalue weighted by Crippen LogP contribution is 2.34. The molecule has 0 spiro atoms. The van der Waals surface area contributed by atoms with Crippen LogP contribution in [0.2, 0.25) is 0 Å². The highest BCUT2D eigenvalue weighted by Gasteiger charge is 2.31. The predicted molar refractivity (Wildman–Crippen MR) is 72.5 cm³/mol. The zero-order valence-electron chi connectivity index (χ0n) is 10.8. The normalized spacial score (nSPS) is 17.7. The van der Waals surface area contributed by atoms with Gasteiger partial charge in [0, 0.05) is 12.1 Å². The Morgan fingerprint density at radius 1 is 1.58 bits per heavy atom. The number of nitrogens with two attached hydrogens (primary N) is 1. The summed E-state index contributed by atoms with van der Waals surface area (Å²) in [7, 11) is 0. The van der Waals surface area contributed by atoms with E-state index in [-0.39, 0.29) is 18.2 Å². The molecular weight excluding hydrogens is 244 g/mol. The van der Waals surface area contributed by atoms with Crippen LogP contribution in [0.1, 0.15) is 17.3 Å². The molecule has 0 aliphatic carbocycles. The van der Waals surface area contributed by atoms with E-state index in [4.69, 9.17) is 10.5 Å². The van der Waals surface area contributed by atoms with Gasteiger partial charge in [-0.1, -0.05) is 6.08 Å². The van der Waals surface area contributed by atoms with Crippen LogP contribution in [0.4, 0.5) is 5.69 Å². The highest BCUT2D eigenvalue weighted by molar-refractivity contribution is 6.03. The van der Waals surface area contributed by atoms with Gasteiger partial charge in [-0.05, 0) is 25.1 Å². The molecule has 0 saturated heterocycles. The first kappa shape index (κ1) is 13.3. The largest absolute Gasteiger partial charge is 0.479 e. The zero-order valence-corrected chi connectivity index (χ0v) is 10.8. The Balaban J connectivity index is 2.48. The number of carbonyl (C=O) groups excluding carboxylic acids is 2. The van der Waals surface area contributed by atoms with Crippen molar-refractivity contribution in [2.75, 3.05) is 18.0 Å². The molecule has 100 valence electrons. The number of fused-ring (bicyclic) bond motifs is 1. The smallest absolute Gasteiger partial charge is 0.268 e. The molecule has 1 heterocycles. The van der Waals surface area contributed by atoms with E-state index in [2.05, 4.69) is 6.58 Å². The fourth-order valence-electron chi connectivity index (χ4n) is 2.02. The van der Waals surface area contributed by atoms with Gasteiger partial charge in [-0.15, -0.1) is 6.58 Å². The van der Waals surface area contributed by atoms with Gasteiger partial charge in [0.1, 0.15) is 5.75 Å². The summed E-state index contributed by atoms with van der Waals surface area (Å²) in [6, 6.07) is 4.98. The summed E-state index contributed by atoms with van der Waals surface area (Å²) in [4.78, 5) is 25.3. The molecule has 2 rings (SSSR count). The maximum atomic E-state index is 12.1. The Morgan fingerprint density at radius 3 is 2.95 bits per heavy atom.